The number of hydrogen-bond acceptors (Lipinski definition) is 6. The number of ether oxygens (including phenoxy) is 3. The van der Waals surface area contributed by atoms with Crippen molar-refractivity contribution >= 4 is 18.0 Å². The molecule has 1 heterocycles. The fourth-order valence-corrected chi connectivity index (χ4v) is 2.43. The zero-order valence-corrected chi connectivity index (χ0v) is 16.3. The van der Waals surface area contributed by atoms with Crippen LogP contribution in [0.4, 0.5) is 0 Å². The predicted octanol–water partition coefficient (Wildman–Crippen LogP) is 2.33. The van der Waals surface area contributed by atoms with Gasteiger partial charge in [-0.1, -0.05) is 13.8 Å². The van der Waals surface area contributed by atoms with Gasteiger partial charge >= 0.3 is 0 Å². The third-order valence-electron chi connectivity index (χ3n) is 3.91. The van der Waals surface area contributed by atoms with Crippen molar-refractivity contribution in [1.29, 1.82) is 0 Å². The fourth-order valence-electron chi connectivity index (χ4n) is 2.43. The maximum absolute atomic E-state index is 12.1. The van der Waals surface area contributed by atoms with Gasteiger partial charge in [-0.05, 0) is 53.9 Å². The molecule has 2 N–H and O–H groups in total. The number of benzene rings is 2. The molecule has 2 aromatic rings. The van der Waals surface area contributed by atoms with E-state index >= 15 is 0 Å². The van der Waals surface area contributed by atoms with E-state index in [0.29, 0.717) is 29.6 Å². The summed E-state index contributed by atoms with van der Waals surface area (Å²) in [5.41, 5.74) is 3.57. The molecule has 0 spiro atoms. The second-order valence-corrected chi connectivity index (χ2v) is 6.82. The summed E-state index contributed by atoms with van der Waals surface area (Å²) < 4.78 is 16.0. The van der Waals surface area contributed by atoms with Crippen LogP contribution in [0.5, 0.6) is 17.2 Å². The van der Waals surface area contributed by atoms with E-state index in [-0.39, 0.29) is 19.2 Å². The van der Waals surface area contributed by atoms with Gasteiger partial charge in [-0.2, -0.15) is 5.10 Å². The summed E-state index contributed by atoms with van der Waals surface area (Å²) in [6, 6.07) is 12.2. The highest BCUT2D eigenvalue weighted by molar-refractivity contribution is 5.97. The Hall–Kier alpha value is -3.55. The van der Waals surface area contributed by atoms with Gasteiger partial charge in [-0.25, -0.2) is 5.43 Å². The average Bonchev–Trinajstić information content (AvgIpc) is 3.19. The van der Waals surface area contributed by atoms with Gasteiger partial charge in [0, 0.05) is 5.56 Å². The zero-order valence-electron chi connectivity index (χ0n) is 16.3. The highest BCUT2D eigenvalue weighted by Gasteiger charge is 2.16. The van der Waals surface area contributed by atoms with E-state index in [2.05, 4.69) is 29.7 Å². The number of nitrogens with zero attached hydrogens (tertiary/aromatic N) is 1. The van der Waals surface area contributed by atoms with Crippen molar-refractivity contribution in [1.82, 2.24) is 10.7 Å². The molecule has 0 saturated heterocycles. The maximum atomic E-state index is 12.1. The van der Waals surface area contributed by atoms with Crippen molar-refractivity contribution < 1.29 is 23.8 Å². The Bertz CT molecular complexity index is 894. The van der Waals surface area contributed by atoms with Crippen molar-refractivity contribution in [3.63, 3.8) is 0 Å². The molecule has 0 unspecified atom stereocenters. The van der Waals surface area contributed by atoms with Gasteiger partial charge < -0.3 is 19.5 Å². The van der Waals surface area contributed by atoms with Crippen molar-refractivity contribution in [2.24, 2.45) is 11.0 Å². The van der Waals surface area contributed by atoms with E-state index in [1.165, 1.54) is 6.21 Å². The molecule has 0 aliphatic carbocycles. The maximum Gasteiger partial charge on any atom is 0.259 e. The van der Waals surface area contributed by atoms with E-state index in [9.17, 15) is 9.59 Å². The number of carbonyl (C=O) groups excluding carboxylic acids is 2. The van der Waals surface area contributed by atoms with Crippen LogP contribution in [0.2, 0.25) is 0 Å². The van der Waals surface area contributed by atoms with E-state index in [1.807, 2.05) is 24.3 Å². The summed E-state index contributed by atoms with van der Waals surface area (Å²) in [4.78, 5) is 24.0. The minimum absolute atomic E-state index is 0.133. The second-order valence-electron chi connectivity index (χ2n) is 6.82. The van der Waals surface area contributed by atoms with Crippen molar-refractivity contribution in [2.75, 3.05) is 19.9 Å². The number of amides is 2. The Labute approximate surface area is 168 Å². The van der Waals surface area contributed by atoms with E-state index in [1.54, 1.807) is 18.2 Å². The molecular weight excluding hydrogens is 374 g/mol. The summed E-state index contributed by atoms with van der Waals surface area (Å²) in [5, 5.41) is 6.42. The number of hydrogen-bond donors (Lipinski definition) is 2. The minimum Gasteiger partial charge on any atom is -0.493 e. The molecule has 1 aliphatic heterocycles. The van der Waals surface area contributed by atoms with Crippen LogP contribution >= 0.6 is 0 Å². The molecule has 0 fully saturated rings. The van der Waals surface area contributed by atoms with Gasteiger partial charge in [-0.15, -0.1) is 0 Å². The Kier molecular flexibility index (Phi) is 6.67. The molecule has 0 atom stereocenters. The molecule has 2 aromatic carbocycles. The minimum atomic E-state index is -0.438. The second kappa shape index (κ2) is 9.59. The quantitative estimate of drug-likeness (QED) is 0.526. The first-order chi connectivity index (χ1) is 14.0. The summed E-state index contributed by atoms with van der Waals surface area (Å²) in [6.45, 7) is 4.76. The monoisotopic (exact) mass is 397 g/mol. The molecule has 1 aliphatic rings. The van der Waals surface area contributed by atoms with E-state index in [0.717, 1.165) is 11.3 Å². The van der Waals surface area contributed by atoms with Crippen molar-refractivity contribution in [3.05, 3.63) is 53.6 Å². The summed E-state index contributed by atoms with van der Waals surface area (Å²) in [7, 11) is 0. The third kappa shape index (κ3) is 5.97. The molecule has 0 bridgehead atoms. The largest absolute Gasteiger partial charge is 0.493 e. The van der Waals surface area contributed by atoms with Gasteiger partial charge in [-0.3, -0.25) is 9.59 Å². The van der Waals surface area contributed by atoms with Gasteiger partial charge in [0.15, 0.2) is 11.5 Å². The van der Waals surface area contributed by atoms with Crippen LogP contribution in [0.1, 0.15) is 29.8 Å². The number of nitrogens with one attached hydrogen (secondary N) is 2. The first-order valence-electron chi connectivity index (χ1n) is 9.24. The number of rotatable bonds is 8. The van der Waals surface area contributed by atoms with Crippen molar-refractivity contribution in [3.8, 4) is 17.2 Å². The zero-order chi connectivity index (χ0) is 20.6. The molecule has 152 valence electrons. The van der Waals surface area contributed by atoms with Crippen LogP contribution in [0, 0.1) is 5.92 Å². The van der Waals surface area contributed by atoms with Gasteiger partial charge in [0.25, 0.3) is 11.8 Å². The summed E-state index contributed by atoms with van der Waals surface area (Å²) in [6.07, 6.45) is 1.52. The summed E-state index contributed by atoms with van der Waals surface area (Å²) >= 11 is 0. The molecule has 2 amide bonds. The molecule has 0 radical (unpaired) electrons. The number of hydrazone groups is 1. The van der Waals surface area contributed by atoms with Gasteiger partial charge in [0.2, 0.25) is 6.79 Å². The highest BCUT2D eigenvalue weighted by Crippen LogP contribution is 2.32. The fraction of sp³-hybridized carbons (Fsp3) is 0.286. The SMILES string of the molecule is CC(C)COc1ccc(/C=N/NC(=O)CNC(=O)c2ccc3c(c2)OCO3)cc1. The molecular formula is C21H23N3O5. The van der Waals surface area contributed by atoms with Crippen molar-refractivity contribution in [2.45, 2.75) is 13.8 Å². The molecule has 8 nitrogen and oxygen atoms in total. The lowest BCUT2D eigenvalue weighted by atomic mass is 10.2. The molecule has 8 heteroatoms. The highest BCUT2D eigenvalue weighted by atomic mass is 16.7. The normalized spacial score (nSPS) is 12.2. The van der Waals surface area contributed by atoms with Crippen LogP contribution in [-0.4, -0.2) is 38.0 Å². The third-order valence-corrected chi connectivity index (χ3v) is 3.91. The Morgan fingerprint density at radius 3 is 2.66 bits per heavy atom. The average molecular weight is 397 g/mol. The van der Waals surface area contributed by atoms with Crippen LogP contribution < -0.4 is 25.0 Å². The Morgan fingerprint density at radius 2 is 1.90 bits per heavy atom. The number of fused-ring (bicyclic) bond motifs is 1. The lowest BCUT2D eigenvalue weighted by Crippen LogP contribution is -2.34. The van der Waals surface area contributed by atoms with Gasteiger partial charge in [0.05, 0.1) is 19.4 Å². The first kappa shape index (κ1) is 20.2. The topological polar surface area (TPSA) is 98.2 Å². The van der Waals surface area contributed by atoms with Crippen LogP contribution in [-0.2, 0) is 4.79 Å². The van der Waals surface area contributed by atoms with Crippen LogP contribution in [0.25, 0.3) is 0 Å². The number of carbonyl (C=O) groups is 2. The first-order valence-corrected chi connectivity index (χ1v) is 9.24. The molecule has 29 heavy (non-hydrogen) atoms. The van der Waals surface area contributed by atoms with E-state index in [4.69, 9.17) is 14.2 Å². The molecule has 0 saturated carbocycles. The summed E-state index contributed by atoms with van der Waals surface area (Å²) in [5.74, 6) is 1.51. The van der Waals surface area contributed by atoms with E-state index < -0.39 is 5.91 Å². The van der Waals surface area contributed by atoms with Gasteiger partial charge in [0.1, 0.15) is 5.75 Å². The molecule has 3 rings (SSSR count). The Morgan fingerprint density at radius 1 is 1.14 bits per heavy atom. The lowest BCUT2D eigenvalue weighted by molar-refractivity contribution is -0.120. The lowest BCUT2D eigenvalue weighted by Gasteiger charge is -2.08. The van der Waals surface area contributed by atoms with Crippen LogP contribution in [0.15, 0.2) is 47.6 Å². The Balaban J connectivity index is 1.42. The predicted molar refractivity (Wildman–Crippen MR) is 107 cm³/mol. The van der Waals surface area contributed by atoms with Crippen LogP contribution in [0.3, 0.4) is 0 Å². The molecule has 0 aromatic heterocycles. The smallest absolute Gasteiger partial charge is 0.259 e. The standard InChI is InChI=1S/C21H23N3O5/c1-14(2)12-27-17-6-3-15(4-7-17)10-23-24-20(25)11-22-21(26)16-5-8-18-19(9-16)29-13-28-18/h3-10,14H,11-13H2,1-2H3,(H,22,26)(H,24,25)/b23-10+.